The molecule has 0 bridgehead atoms. The predicted octanol–water partition coefficient (Wildman–Crippen LogP) is 2.95. The Kier molecular flexibility index (Phi) is 4.45. The fraction of sp³-hybridized carbons (Fsp3) is 0.364. The Hall–Kier alpha value is -1.43. The normalized spacial score (nSPS) is 11.4. The first-order chi connectivity index (χ1) is 8.24. The van der Waals surface area contributed by atoms with E-state index in [-0.39, 0.29) is 22.8 Å². The molecule has 18 heavy (non-hydrogen) atoms. The van der Waals surface area contributed by atoms with Gasteiger partial charge in [-0.25, -0.2) is 0 Å². The number of benzene rings is 1. The van der Waals surface area contributed by atoms with Crippen molar-refractivity contribution in [2.75, 3.05) is 18.8 Å². The summed E-state index contributed by atoms with van der Waals surface area (Å²) in [6, 6.07) is 4.11. The molecule has 1 aromatic rings. The van der Waals surface area contributed by atoms with Crippen LogP contribution in [-0.4, -0.2) is 30.1 Å². The molecule has 0 aliphatic carbocycles. The number of carbonyl (C=O) groups excluding carboxylic acids is 1. The number of amides is 1. The first-order valence-electron chi connectivity index (χ1n) is 5.15. The van der Waals surface area contributed by atoms with Gasteiger partial charge >= 0.3 is 6.18 Å². The quantitative estimate of drug-likeness (QED) is 0.865. The summed E-state index contributed by atoms with van der Waals surface area (Å²) in [5, 5.41) is 0.246. The third-order valence-electron chi connectivity index (χ3n) is 2.28. The van der Waals surface area contributed by atoms with Gasteiger partial charge in [0.2, 0.25) is 0 Å². The molecule has 3 nitrogen and oxygen atoms in total. The first kappa shape index (κ1) is 14.6. The van der Waals surface area contributed by atoms with Crippen LogP contribution in [0.2, 0.25) is 5.02 Å². The van der Waals surface area contributed by atoms with Crippen LogP contribution >= 0.6 is 11.6 Å². The van der Waals surface area contributed by atoms with Crippen LogP contribution in [0.15, 0.2) is 18.2 Å². The zero-order valence-corrected chi connectivity index (χ0v) is 10.3. The first-order valence-corrected chi connectivity index (χ1v) is 5.53. The van der Waals surface area contributed by atoms with Crippen molar-refractivity contribution < 1.29 is 18.0 Å². The van der Waals surface area contributed by atoms with Gasteiger partial charge in [-0.15, -0.1) is 0 Å². The third kappa shape index (κ3) is 3.80. The molecule has 1 rings (SSSR count). The molecule has 0 saturated heterocycles. The van der Waals surface area contributed by atoms with Gasteiger partial charge in [0, 0.05) is 17.3 Å². The molecular weight excluding hydrogens is 269 g/mol. The lowest BCUT2D eigenvalue weighted by molar-refractivity contribution is -0.140. The summed E-state index contributed by atoms with van der Waals surface area (Å²) in [5.74, 6) is -0.783. The zero-order valence-electron chi connectivity index (χ0n) is 9.59. The highest BCUT2D eigenvalue weighted by atomic mass is 35.5. The van der Waals surface area contributed by atoms with Crippen molar-refractivity contribution in [1.29, 1.82) is 0 Å². The molecule has 0 spiro atoms. The van der Waals surface area contributed by atoms with Crippen molar-refractivity contribution in [1.82, 2.24) is 4.90 Å². The van der Waals surface area contributed by atoms with E-state index in [0.29, 0.717) is 4.90 Å². The number of hydrogen-bond acceptors (Lipinski definition) is 2. The van der Waals surface area contributed by atoms with Crippen LogP contribution < -0.4 is 5.73 Å². The van der Waals surface area contributed by atoms with E-state index >= 15 is 0 Å². The van der Waals surface area contributed by atoms with E-state index in [2.05, 4.69) is 0 Å². The van der Waals surface area contributed by atoms with E-state index in [1.165, 1.54) is 25.1 Å². The summed E-state index contributed by atoms with van der Waals surface area (Å²) >= 11 is 5.69. The monoisotopic (exact) mass is 280 g/mol. The Labute approximate surface area is 107 Å². The Morgan fingerprint density at radius 3 is 2.56 bits per heavy atom. The maximum atomic E-state index is 12.3. The van der Waals surface area contributed by atoms with Gasteiger partial charge in [-0.2, -0.15) is 13.2 Å². The zero-order chi connectivity index (χ0) is 13.9. The Bertz CT molecular complexity index is 448. The number of alkyl halides is 3. The summed E-state index contributed by atoms with van der Waals surface area (Å²) in [6.45, 7) is 0.0863. The second-order valence-electron chi connectivity index (χ2n) is 3.67. The molecule has 0 atom stereocenters. The Balaban J connectivity index is 3.00. The van der Waals surface area contributed by atoms with Crippen LogP contribution in [0.3, 0.4) is 0 Å². The standard InChI is InChI=1S/C11H12ClF3N2O/c1-2-17(6-11(13,14)15)10(18)8-5-7(12)3-4-9(8)16/h3-5H,2,6,16H2,1H3. The molecule has 0 fully saturated rings. The molecule has 0 saturated carbocycles. The van der Waals surface area contributed by atoms with Gasteiger partial charge in [-0.3, -0.25) is 4.79 Å². The highest BCUT2D eigenvalue weighted by molar-refractivity contribution is 6.31. The van der Waals surface area contributed by atoms with Crippen LogP contribution in [0.4, 0.5) is 18.9 Å². The lowest BCUT2D eigenvalue weighted by atomic mass is 10.1. The summed E-state index contributed by atoms with van der Waals surface area (Å²) in [6.07, 6.45) is -4.45. The molecule has 2 N–H and O–H groups in total. The summed E-state index contributed by atoms with van der Waals surface area (Å²) in [7, 11) is 0. The van der Waals surface area contributed by atoms with E-state index in [1.807, 2.05) is 0 Å². The SMILES string of the molecule is CCN(CC(F)(F)F)C(=O)c1cc(Cl)ccc1N. The maximum absolute atomic E-state index is 12.3. The molecule has 0 heterocycles. The second kappa shape index (κ2) is 5.48. The second-order valence-corrected chi connectivity index (χ2v) is 4.10. The Morgan fingerprint density at radius 1 is 1.44 bits per heavy atom. The van der Waals surface area contributed by atoms with Gasteiger partial charge in [0.05, 0.1) is 5.56 Å². The van der Waals surface area contributed by atoms with E-state index in [0.717, 1.165) is 0 Å². The number of nitrogen functional groups attached to an aromatic ring is 1. The topological polar surface area (TPSA) is 46.3 Å². The van der Waals surface area contributed by atoms with Gasteiger partial charge in [-0.05, 0) is 25.1 Å². The number of nitrogens with two attached hydrogens (primary N) is 1. The minimum Gasteiger partial charge on any atom is -0.398 e. The van der Waals surface area contributed by atoms with Gasteiger partial charge in [-0.1, -0.05) is 11.6 Å². The van der Waals surface area contributed by atoms with Crippen LogP contribution in [0, 0.1) is 0 Å². The van der Waals surface area contributed by atoms with Crippen molar-refractivity contribution >= 4 is 23.2 Å². The molecule has 0 unspecified atom stereocenters. The molecule has 7 heteroatoms. The van der Waals surface area contributed by atoms with Gasteiger partial charge in [0.15, 0.2) is 0 Å². The number of halogens is 4. The van der Waals surface area contributed by atoms with Gasteiger partial charge in [0.1, 0.15) is 6.54 Å². The smallest absolute Gasteiger partial charge is 0.398 e. The van der Waals surface area contributed by atoms with Crippen LogP contribution in [0.1, 0.15) is 17.3 Å². The highest BCUT2D eigenvalue weighted by Crippen LogP contribution is 2.22. The molecule has 0 aliphatic heterocycles. The lowest BCUT2D eigenvalue weighted by Gasteiger charge is -2.23. The van der Waals surface area contributed by atoms with Crippen molar-refractivity contribution in [3.05, 3.63) is 28.8 Å². The maximum Gasteiger partial charge on any atom is 0.406 e. The Morgan fingerprint density at radius 2 is 2.06 bits per heavy atom. The van der Waals surface area contributed by atoms with Crippen molar-refractivity contribution in [2.45, 2.75) is 13.1 Å². The highest BCUT2D eigenvalue weighted by Gasteiger charge is 2.33. The minimum atomic E-state index is -4.45. The largest absolute Gasteiger partial charge is 0.406 e. The fourth-order valence-electron chi connectivity index (χ4n) is 1.43. The molecule has 1 amide bonds. The number of anilines is 1. The molecule has 1 aromatic carbocycles. The van der Waals surface area contributed by atoms with Crippen LogP contribution in [0.5, 0.6) is 0 Å². The van der Waals surface area contributed by atoms with Crippen LogP contribution in [0.25, 0.3) is 0 Å². The fourth-order valence-corrected chi connectivity index (χ4v) is 1.60. The van der Waals surface area contributed by atoms with Gasteiger partial charge < -0.3 is 10.6 Å². The molecular formula is C11H12ClF3N2O. The van der Waals surface area contributed by atoms with E-state index in [1.54, 1.807) is 0 Å². The van der Waals surface area contributed by atoms with E-state index < -0.39 is 18.6 Å². The predicted molar refractivity (Wildman–Crippen MR) is 63.5 cm³/mol. The van der Waals surface area contributed by atoms with Gasteiger partial charge in [0.25, 0.3) is 5.91 Å². The van der Waals surface area contributed by atoms with Crippen molar-refractivity contribution in [2.24, 2.45) is 0 Å². The van der Waals surface area contributed by atoms with E-state index in [9.17, 15) is 18.0 Å². The third-order valence-corrected chi connectivity index (χ3v) is 2.52. The van der Waals surface area contributed by atoms with Crippen molar-refractivity contribution in [3.8, 4) is 0 Å². The molecule has 0 aromatic heterocycles. The van der Waals surface area contributed by atoms with E-state index in [4.69, 9.17) is 17.3 Å². The minimum absolute atomic E-state index is 0.0198. The number of nitrogens with zero attached hydrogens (tertiary/aromatic N) is 1. The average molecular weight is 281 g/mol. The summed E-state index contributed by atoms with van der Waals surface area (Å²) < 4.78 is 36.9. The summed E-state index contributed by atoms with van der Waals surface area (Å²) in [4.78, 5) is 12.6. The van der Waals surface area contributed by atoms with Crippen molar-refractivity contribution in [3.63, 3.8) is 0 Å². The van der Waals surface area contributed by atoms with Crippen LogP contribution in [-0.2, 0) is 0 Å². The molecule has 0 radical (unpaired) electrons. The number of carbonyl (C=O) groups is 1. The molecule has 0 aliphatic rings. The number of rotatable bonds is 3. The molecule has 100 valence electrons. The lowest BCUT2D eigenvalue weighted by Crippen LogP contribution is -2.39. The average Bonchev–Trinajstić information content (AvgIpc) is 2.27. The summed E-state index contributed by atoms with van der Waals surface area (Å²) in [5.41, 5.74) is 5.64. The number of hydrogen-bond donors (Lipinski definition) is 1.